The molecule has 0 saturated heterocycles. The van der Waals surface area contributed by atoms with Crippen molar-refractivity contribution >= 4 is 40.5 Å². The molecule has 2 aromatic rings. The Balaban J connectivity index is 2.07. The summed E-state index contributed by atoms with van der Waals surface area (Å²) < 4.78 is 5.25. The van der Waals surface area contributed by atoms with Crippen molar-refractivity contribution in [1.29, 1.82) is 0 Å². The molecule has 2 rings (SSSR count). The van der Waals surface area contributed by atoms with Gasteiger partial charge in [0.1, 0.15) is 11.8 Å². The van der Waals surface area contributed by atoms with Crippen LogP contribution in [0.25, 0.3) is 0 Å². The number of amides is 1. The third-order valence-corrected chi connectivity index (χ3v) is 3.62. The van der Waals surface area contributed by atoms with E-state index in [2.05, 4.69) is 10.6 Å². The molecule has 1 atom stereocenters. The molecule has 0 aliphatic heterocycles. The van der Waals surface area contributed by atoms with Gasteiger partial charge in [-0.1, -0.05) is 35.3 Å². The van der Waals surface area contributed by atoms with E-state index in [1.54, 1.807) is 32.2 Å². The average molecular weight is 339 g/mol. The molecular weight excluding hydrogens is 323 g/mol. The lowest BCUT2D eigenvalue weighted by molar-refractivity contribution is -0.116. The van der Waals surface area contributed by atoms with Gasteiger partial charge in [-0.25, -0.2) is 0 Å². The Morgan fingerprint density at radius 3 is 2.59 bits per heavy atom. The van der Waals surface area contributed by atoms with Crippen LogP contribution < -0.4 is 15.4 Å². The summed E-state index contributed by atoms with van der Waals surface area (Å²) in [6.45, 7) is 1.75. The lowest BCUT2D eigenvalue weighted by Gasteiger charge is -2.17. The maximum atomic E-state index is 12.3. The van der Waals surface area contributed by atoms with Crippen LogP contribution in [0, 0.1) is 0 Å². The minimum absolute atomic E-state index is 0.227. The summed E-state index contributed by atoms with van der Waals surface area (Å²) in [6.07, 6.45) is 0. The standard InChI is InChI=1S/C16H16Cl2N2O2/c1-10(19-13-5-3-4-6-15(13)22-2)16(21)20-14-9-11(17)7-8-12(14)18/h3-10,19H,1-2H3,(H,20,21)/t10-/m0/s1. The fourth-order valence-corrected chi connectivity index (χ4v) is 2.23. The summed E-state index contributed by atoms with van der Waals surface area (Å²) in [4.78, 5) is 12.3. The summed E-state index contributed by atoms with van der Waals surface area (Å²) in [5, 5.41) is 6.79. The van der Waals surface area contributed by atoms with Crippen molar-refractivity contribution in [3.63, 3.8) is 0 Å². The van der Waals surface area contributed by atoms with Gasteiger partial charge in [0.2, 0.25) is 5.91 Å². The van der Waals surface area contributed by atoms with Gasteiger partial charge in [-0.2, -0.15) is 0 Å². The Labute approximate surface area is 139 Å². The summed E-state index contributed by atoms with van der Waals surface area (Å²) >= 11 is 11.9. The van der Waals surface area contributed by atoms with Crippen molar-refractivity contribution < 1.29 is 9.53 Å². The van der Waals surface area contributed by atoms with E-state index in [0.717, 1.165) is 5.69 Å². The highest BCUT2D eigenvalue weighted by atomic mass is 35.5. The Bertz CT molecular complexity index is 677. The molecule has 2 aromatic carbocycles. The van der Waals surface area contributed by atoms with Crippen LogP contribution in [0.1, 0.15) is 6.92 Å². The van der Waals surface area contributed by atoms with Crippen molar-refractivity contribution in [2.24, 2.45) is 0 Å². The fraction of sp³-hybridized carbons (Fsp3) is 0.188. The highest BCUT2D eigenvalue weighted by molar-refractivity contribution is 6.35. The van der Waals surface area contributed by atoms with Crippen LogP contribution in [0.2, 0.25) is 10.0 Å². The van der Waals surface area contributed by atoms with E-state index in [0.29, 0.717) is 21.5 Å². The number of nitrogens with one attached hydrogen (secondary N) is 2. The van der Waals surface area contributed by atoms with Crippen molar-refractivity contribution in [3.05, 3.63) is 52.5 Å². The number of benzene rings is 2. The number of anilines is 2. The Hall–Kier alpha value is -1.91. The fourth-order valence-electron chi connectivity index (χ4n) is 1.90. The third-order valence-electron chi connectivity index (χ3n) is 3.06. The van der Waals surface area contributed by atoms with E-state index >= 15 is 0 Å². The van der Waals surface area contributed by atoms with Crippen LogP contribution in [0.4, 0.5) is 11.4 Å². The van der Waals surface area contributed by atoms with Crippen LogP contribution in [0.3, 0.4) is 0 Å². The van der Waals surface area contributed by atoms with Gasteiger partial charge in [0.05, 0.1) is 23.5 Å². The molecule has 22 heavy (non-hydrogen) atoms. The molecule has 0 aliphatic rings. The van der Waals surface area contributed by atoms with E-state index in [-0.39, 0.29) is 5.91 Å². The number of methoxy groups -OCH3 is 1. The second-order valence-corrected chi connectivity index (χ2v) is 5.52. The first kappa shape index (κ1) is 16.5. The monoisotopic (exact) mass is 338 g/mol. The number of carbonyl (C=O) groups is 1. The number of ether oxygens (including phenoxy) is 1. The lowest BCUT2D eigenvalue weighted by Crippen LogP contribution is -2.32. The first-order valence-corrected chi connectivity index (χ1v) is 7.42. The summed E-state index contributed by atoms with van der Waals surface area (Å²) in [5.41, 5.74) is 1.22. The largest absolute Gasteiger partial charge is 0.495 e. The highest BCUT2D eigenvalue weighted by Crippen LogP contribution is 2.26. The second-order valence-electron chi connectivity index (χ2n) is 4.68. The molecule has 0 bridgehead atoms. The number of halogens is 2. The van der Waals surface area contributed by atoms with Crippen LogP contribution in [0.5, 0.6) is 5.75 Å². The molecule has 116 valence electrons. The first-order valence-electron chi connectivity index (χ1n) is 6.66. The Morgan fingerprint density at radius 1 is 1.14 bits per heavy atom. The molecule has 0 saturated carbocycles. The van der Waals surface area contributed by atoms with Gasteiger partial charge in [0, 0.05) is 5.02 Å². The first-order chi connectivity index (χ1) is 10.5. The maximum Gasteiger partial charge on any atom is 0.246 e. The molecule has 1 amide bonds. The maximum absolute atomic E-state index is 12.3. The van der Waals surface area contributed by atoms with Crippen molar-refractivity contribution in [2.75, 3.05) is 17.7 Å². The van der Waals surface area contributed by atoms with Gasteiger partial charge in [-0.15, -0.1) is 0 Å². The predicted molar refractivity (Wildman–Crippen MR) is 91.2 cm³/mol. The number of carbonyl (C=O) groups excluding carboxylic acids is 1. The van der Waals surface area contributed by atoms with Crippen LogP contribution in [0.15, 0.2) is 42.5 Å². The number of para-hydroxylation sites is 2. The van der Waals surface area contributed by atoms with E-state index < -0.39 is 6.04 Å². The van der Waals surface area contributed by atoms with Crippen LogP contribution in [-0.4, -0.2) is 19.1 Å². The van der Waals surface area contributed by atoms with Gasteiger partial charge in [0.25, 0.3) is 0 Å². The number of hydrogen-bond acceptors (Lipinski definition) is 3. The molecule has 0 heterocycles. The molecule has 0 radical (unpaired) electrons. The predicted octanol–water partition coefficient (Wildman–Crippen LogP) is 4.44. The van der Waals surface area contributed by atoms with Gasteiger partial charge >= 0.3 is 0 Å². The van der Waals surface area contributed by atoms with E-state index in [4.69, 9.17) is 27.9 Å². The van der Waals surface area contributed by atoms with Gasteiger partial charge in [0.15, 0.2) is 0 Å². The zero-order chi connectivity index (χ0) is 16.1. The molecule has 0 aliphatic carbocycles. The Morgan fingerprint density at radius 2 is 1.86 bits per heavy atom. The van der Waals surface area contributed by atoms with Gasteiger partial charge in [-0.3, -0.25) is 4.79 Å². The summed E-state index contributed by atoms with van der Waals surface area (Å²) in [7, 11) is 1.58. The summed E-state index contributed by atoms with van der Waals surface area (Å²) in [6, 6.07) is 11.8. The van der Waals surface area contributed by atoms with E-state index in [1.165, 1.54) is 0 Å². The van der Waals surface area contributed by atoms with Gasteiger partial charge < -0.3 is 15.4 Å². The Kier molecular flexibility index (Phi) is 5.52. The SMILES string of the molecule is COc1ccccc1N[C@@H](C)C(=O)Nc1cc(Cl)ccc1Cl. The molecule has 0 unspecified atom stereocenters. The normalized spacial score (nSPS) is 11.6. The third kappa shape index (κ3) is 4.06. The smallest absolute Gasteiger partial charge is 0.246 e. The zero-order valence-electron chi connectivity index (χ0n) is 12.2. The van der Waals surface area contributed by atoms with Crippen molar-refractivity contribution in [2.45, 2.75) is 13.0 Å². The lowest BCUT2D eigenvalue weighted by atomic mass is 10.2. The van der Waals surface area contributed by atoms with Crippen molar-refractivity contribution in [1.82, 2.24) is 0 Å². The molecule has 6 heteroatoms. The number of hydrogen-bond donors (Lipinski definition) is 2. The second kappa shape index (κ2) is 7.38. The average Bonchev–Trinajstić information content (AvgIpc) is 2.51. The zero-order valence-corrected chi connectivity index (χ0v) is 13.7. The molecular formula is C16H16Cl2N2O2. The van der Waals surface area contributed by atoms with Crippen LogP contribution >= 0.6 is 23.2 Å². The number of rotatable bonds is 5. The topological polar surface area (TPSA) is 50.4 Å². The molecule has 4 nitrogen and oxygen atoms in total. The van der Waals surface area contributed by atoms with E-state index in [1.807, 2.05) is 24.3 Å². The molecule has 2 N–H and O–H groups in total. The quantitative estimate of drug-likeness (QED) is 0.847. The van der Waals surface area contributed by atoms with E-state index in [9.17, 15) is 4.79 Å². The summed E-state index contributed by atoms with van der Waals surface area (Å²) in [5.74, 6) is 0.443. The minimum Gasteiger partial charge on any atom is -0.495 e. The minimum atomic E-state index is -0.480. The molecule has 0 fully saturated rings. The highest BCUT2D eigenvalue weighted by Gasteiger charge is 2.16. The van der Waals surface area contributed by atoms with Crippen molar-refractivity contribution in [3.8, 4) is 5.75 Å². The van der Waals surface area contributed by atoms with Crippen LogP contribution in [-0.2, 0) is 4.79 Å². The molecule has 0 aromatic heterocycles. The van der Waals surface area contributed by atoms with Gasteiger partial charge in [-0.05, 0) is 37.3 Å². The molecule has 0 spiro atoms.